The van der Waals surface area contributed by atoms with E-state index in [-0.39, 0.29) is 28.9 Å². The van der Waals surface area contributed by atoms with Crippen LogP contribution in [-0.2, 0) is 22.6 Å². The minimum Gasteiger partial charge on any atom is -0.496 e. The van der Waals surface area contributed by atoms with Crippen molar-refractivity contribution in [3.63, 3.8) is 0 Å². The third-order valence-electron chi connectivity index (χ3n) is 11.7. The van der Waals surface area contributed by atoms with E-state index in [0.717, 1.165) is 91.1 Å². The first-order chi connectivity index (χ1) is 25.2. The number of rotatable bonds is 8. The maximum Gasteiger partial charge on any atom is 0.237 e. The molecule has 1 atom stereocenters. The van der Waals surface area contributed by atoms with Crippen LogP contribution in [0.3, 0.4) is 0 Å². The Morgan fingerprint density at radius 2 is 1.46 bits per heavy atom. The number of nitrogens with one attached hydrogen (secondary N) is 2. The standard InChI is InChI=1S/C40H40Cl2N6O4/c1-51-32-16-24(15-23-9-10-31(35(23)32)48-21-40(22-48)14-12-34(50)46-40)25-5-3-6-26(36(25)41)27-7-4-8-28(37(27)42)29-17-43-30(38(44-29)52-2)18-47-19-39(20-47)13-11-33(49)45-39/h3-8,15-17,31H,9-14,18-22H2,1-2H3,(H,45,49)(H,46,50). The molecule has 0 bridgehead atoms. The van der Waals surface area contributed by atoms with Gasteiger partial charge in [0.1, 0.15) is 11.4 Å². The Labute approximate surface area is 312 Å². The summed E-state index contributed by atoms with van der Waals surface area (Å²) < 4.78 is 11.7. The number of nitrogens with zero attached hydrogens (tertiary/aromatic N) is 4. The number of hydrogen-bond acceptors (Lipinski definition) is 8. The van der Waals surface area contributed by atoms with Gasteiger partial charge < -0.3 is 20.1 Å². The van der Waals surface area contributed by atoms with Gasteiger partial charge in [0, 0.05) is 79.4 Å². The molecule has 4 fully saturated rings. The predicted octanol–water partition coefficient (Wildman–Crippen LogP) is 6.22. The second-order valence-electron chi connectivity index (χ2n) is 15.1. The first-order valence-corrected chi connectivity index (χ1v) is 18.7. The van der Waals surface area contributed by atoms with Gasteiger partial charge in [-0.15, -0.1) is 0 Å². The normalized spacial score (nSPS) is 21.5. The SMILES string of the molecule is COc1cc(-c2cccc(-c3cccc(-c4cnc(CN5CC6(CCC(=O)N6)C5)c(OC)n4)c3Cl)c2Cl)cc2c1C(N1CC3(CCC(=O)N3)C1)CC2. The van der Waals surface area contributed by atoms with Crippen LogP contribution in [0.1, 0.15) is 55.0 Å². The Kier molecular flexibility index (Phi) is 8.22. The molecular formula is C40H40Cl2N6O4. The monoisotopic (exact) mass is 738 g/mol. The topological polar surface area (TPSA) is 109 Å². The van der Waals surface area contributed by atoms with Crippen molar-refractivity contribution < 1.29 is 19.1 Å². The van der Waals surface area contributed by atoms with E-state index < -0.39 is 0 Å². The molecule has 2 N–H and O–H groups in total. The lowest BCUT2D eigenvalue weighted by Gasteiger charge is -2.51. The van der Waals surface area contributed by atoms with Crippen LogP contribution in [0.25, 0.3) is 33.5 Å². The summed E-state index contributed by atoms with van der Waals surface area (Å²) in [5.41, 5.74) is 7.92. The third kappa shape index (κ3) is 5.62. The maximum absolute atomic E-state index is 11.9. The number of carbonyl (C=O) groups excluding carboxylic acids is 2. The van der Waals surface area contributed by atoms with Crippen LogP contribution in [0.5, 0.6) is 11.6 Å². The van der Waals surface area contributed by atoms with Gasteiger partial charge in [-0.3, -0.25) is 24.4 Å². The Morgan fingerprint density at radius 3 is 2.10 bits per heavy atom. The summed E-state index contributed by atoms with van der Waals surface area (Å²) in [4.78, 5) is 38.0. The van der Waals surface area contributed by atoms with Crippen molar-refractivity contribution in [3.05, 3.63) is 81.6 Å². The van der Waals surface area contributed by atoms with Crippen LogP contribution < -0.4 is 20.1 Å². The van der Waals surface area contributed by atoms with Crippen molar-refractivity contribution >= 4 is 35.0 Å². The number of aromatic nitrogens is 2. The average molecular weight is 740 g/mol. The van der Waals surface area contributed by atoms with Crippen LogP contribution in [0, 0.1) is 0 Å². The van der Waals surface area contributed by atoms with Crippen molar-refractivity contribution in [2.45, 2.75) is 62.2 Å². The summed E-state index contributed by atoms with van der Waals surface area (Å²) in [7, 11) is 3.33. The quantitative estimate of drug-likeness (QED) is 0.220. The lowest BCUT2D eigenvalue weighted by Crippen LogP contribution is -2.67. The molecule has 5 aliphatic rings. The first kappa shape index (κ1) is 33.6. The van der Waals surface area contributed by atoms with Gasteiger partial charge in [-0.25, -0.2) is 4.98 Å². The molecule has 1 aliphatic carbocycles. The Morgan fingerprint density at radius 1 is 0.827 bits per heavy atom. The fraction of sp³-hybridized carbons (Fsp3) is 0.400. The van der Waals surface area contributed by atoms with Crippen molar-refractivity contribution in [3.8, 4) is 45.1 Å². The Hall–Kier alpha value is -4.22. The van der Waals surface area contributed by atoms with E-state index in [9.17, 15) is 9.59 Å². The Balaban J connectivity index is 0.973. The molecule has 0 saturated carbocycles. The molecule has 4 aliphatic heterocycles. The molecule has 3 aromatic carbocycles. The van der Waals surface area contributed by atoms with E-state index in [1.54, 1.807) is 20.4 Å². The average Bonchev–Trinajstić information content (AvgIpc) is 3.84. The minimum absolute atomic E-state index is 0.0588. The summed E-state index contributed by atoms with van der Waals surface area (Å²) in [5.74, 6) is 1.60. The highest BCUT2D eigenvalue weighted by atomic mass is 35.5. The molecule has 1 unspecified atom stereocenters. The van der Waals surface area contributed by atoms with Crippen molar-refractivity contribution in [1.29, 1.82) is 0 Å². The highest BCUT2D eigenvalue weighted by Gasteiger charge is 2.51. The lowest BCUT2D eigenvalue weighted by atomic mass is 9.85. The van der Waals surface area contributed by atoms with Crippen LogP contribution in [0.15, 0.2) is 54.7 Å². The summed E-state index contributed by atoms with van der Waals surface area (Å²) in [6.45, 7) is 3.92. The maximum atomic E-state index is 11.9. The van der Waals surface area contributed by atoms with Gasteiger partial charge in [-0.1, -0.05) is 65.7 Å². The number of ether oxygens (including phenoxy) is 2. The number of likely N-dealkylation sites (tertiary alicyclic amines) is 2. The number of aryl methyl sites for hydroxylation is 1. The molecule has 10 nitrogen and oxygen atoms in total. The minimum atomic E-state index is -0.102. The Bertz CT molecular complexity index is 2130. The molecule has 4 aromatic rings. The van der Waals surface area contributed by atoms with Crippen LogP contribution in [-0.4, -0.2) is 83.1 Å². The van der Waals surface area contributed by atoms with E-state index in [1.807, 2.05) is 36.4 Å². The molecular weight excluding hydrogens is 699 g/mol. The van der Waals surface area contributed by atoms with E-state index in [1.165, 1.54) is 11.1 Å². The molecule has 2 spiro atoms. The number of hydrogen-bond donors (Lipinski definition) is 2. The number of methoxy groups -OCH3 is 2. The molecule has 9 rings (SSSR count). The zero-order valence-electron chi connectivity index (χ0n) is 29.2. The zero-order chi connectivity index (χ0) is 35.8. The molecule has 268 valence electrons. The number of amides is 2. The summed E-state index contributed by atoms with van der Waals surface area (Å²) in [6, 6.07) is 16.5. The molecule has 12 heteroatoms. The summed E-state index contributed by atoms with van der Waals surface area (Å²) in [6.07, 6.45) is 6.70. The molecule has 52 heavy (non-hydrogen) atoms. The first-order valence-electron chi connectivity index (χ1n) is 17.9. The fourth-order valence-corrected chi connectivity index (χ4v) is 9.86. The van der Waals surface area contributed by atoms with Crippen LogP contribution >= 0.6 is 23.2 Å². The molecule has 0 radical (unpaired) electrons. The van der Waals surface area contributed by atoms with Gasteiger partial charge >= 0.3 is 0 Å². The molecule has 2 amide bonds. The molecule has 5 heterocycles. The van der Waals surface area contributed by atoms with Crippen molar-refractivity contribution in [1.82, 2.24) is 30.4 Å². The zero-order valence-corrected chi connectivity index (χ0v) is 30.7. The highest BCUT2D eigenvalue weighted by molar-refractivity contribution is 6.39. The van der Waals surface area contributed by atoms with E-state index >= 15 is 0 Å². The largest absolute Gasteiger partial charge is 0.496 e. The van der Waals surface area contributed by atoms with Gasteiger partial charge in [-0.2, -0.15) is 0 Å². The number of carbonyl (C=O) groups is 2. The summed E-state index contributed by atoms with van der Waals surface area (Å²) >= 11 is 14.4. The van der Waals surface area contributed by atoms with Crippen molar-refractivity contribution in [2.75, 3.05) is 40.4 Å². The fourth-order valence-electron chi connectivity index (χ4n) is 9.20. The predicted molar refractivity (Wildman–Crippen MR) is 200 cm³/mol. The van der Waals surface area contributed by atoms with E-state index in [0.29, 0.717) is 41.0 Å². The van der Waals surface area contributed by atoms with Crippen molar-refractivity contribution in [2.24, 2.45) is 0 Å². The number of benzene rings is 3. The lowest BCUT2D eigenvalue weighted by molar-refractivity contribution is -0.121. The van der Waals surface area contributed by atoms with Gasteiger partial charge in [-0.05, 0) is 42.9 Å². The van der Waals surface area contributed by atoms with Gasteiger partial charge in [0.05, 0.1) is 47.2 Å². The van der Waals surface area contributed by atoms with E-state index in [2.05, 4.69) is 32.6 Å². The van der Waals surface area contributed by atoms with E-state index in [4.69, 9.17) is 42.6 Å². The van der Waals surface area contributed by atoms with Gasteiger partial charge in [0.15, 0.2) is 0 Å². The second-order valence-corrected chi connectivity index (χ2v) is 15.8. The highest BCUT2D eigenvalue weighted by Crippen LogP contribution is 2.49. The third-order valence-corrected chi connectivity index (χ3v) is 12.5. The number of fused-ring (bicyclic) bond motifs is 1. The smallest absolute Gasteiger partial charge is 0.237 e. The van der Waals surface area contributed by atoms with Crippen LogP contribution in [0.4, 0.5) is 0 Å². The van der Waals surface area contributed by atoms with Gasteiger partial charge in [0.2, 0.25) is 17.7 Å². The van der Waals surface area contributed by atoms with Gasteiger partial charge in [0.25, 0.3) is 0 Å². The molecule has 1 aromatic heterocycles. The van der Waals surface area contributed by atoms with Crippen LogP contribution in [0.2, 0.25) is 10.0 Å². The second kappa shape index (κ2) is 12.7. The summed E-state index contributed by atoms with van der Waals surface area (Å²) in [5, 5.41) is 7.46. The molecule has 4 saturated heterocycles. The number of halogens is 2.